The first-order valence-corrected chi connectivity index (χ1v) is 6.50. The van der Waals surface area contributed by atoms with E-state index in [9.17, 15) is 0 Å². The summed E-state index contributed by atoms with van der Waals surface area (Å²) in [5.74, 6) is 1.60. The van der Waals surface area contributed by atoms with Crippen molar-refractivity contribution in [1.82, 2.24) is 10.2 Å². The van der Waals surface area contributed by atoms with E-state index in [1.54, 1.807) is 0 Å². The summed E-state index contributed by atoms with van der Waals surface area (Å²) < 4.78 is 0. The molecule has 0 radical (unpaired) electrons. The molecule has 0 bridgehead atoms. The molecule has 1 aromatic rings. The fourth-order valence-electron chi connectivity index (χ4n) is 2.42. The van der Waals surface area contributed by atoms with Crippen molar-refractivity contribution >= 4 is 5.82 Å². The Kier molecular flexibility index (Phi) is 3.94. The molecule has 0 aromatic carbocycles. The van der Waals surface area contributed by atoms with Gasteiger partial charge in [0.2, 0.25) is 0 Å². The third-order valence-corrected chi connectivity index (χ3v) is 3.27. The first-order valence-electron chi connectivity index (χ1n) is 6.50. The molecule has 2 N–H and O–H groups in total. The number of nitrogens with zero attached hydrogens (tertiary/aromatic N) is 3. The fourth-order valence-corrected chi connectivity index (χ4v) is 2.42. The average Bonchev–Trinajstić information content (AvgIpc) is 2.77. The molecule has 1 aliphatic rings. The number of hydrogen-bond donors (Lipinski definition) is 1. The highest BCUT2D eigenvalue weighted by molar-refractivity contribution is 5.40. The first-order chi connectivity index (χ1) is 8.20. The molecule has 0 aliphatic carbocycles. The SMILES string of the molecule is CC(C)Cc1ccc(N2CCCC2CN)nn1. The fraction of sp³-hybridized carbons (Fsp3) is 0.692. The van der Waals surface area contributed by atoms with E-state index in [1.807, 2.05) is 0 Å². The van der Waals surface area contributed by atoms with Crippen molar-refractivity contribution in [1.29, 1.82) is 0 Å². The van der Waals surface area contributed by atoms with E-state index in [1.165, 1.54) is 12.8 Å². The van der Waals surface area contributed by atoms with Crippen molar-refractivity contribution in [2.45, 2.75) is 39.2 Å². The van der Waals surface area contributed by atoms with E-state index in [0.717, 1.165) is 24.5 Å². The van der Waals surface area contributed by atoms with Crippen LogP contribution in [0.15, 0.2) is 12.1 Å². The summed E-state index contributed by atoms with van der Waals surface area (Å²) in [7, 11) is 0. The molecule has 0 amide bonds. The highest BCUT2D eigenvalue weighted by atomic mass is 15.3. The Morgan fingerprint density at radius 3 is 2.82 bits per heavy atom. The number of aromatic nitrogens is 2. The van der Waals surface area contributed by atoms with Gasteiger partial charge in [-0.15, -0.1) is 5.10 Å². The topological polar surface area (TPSA) is 55.0 Å². The van der Waals surface area contributed by atoms with Gasteiger partial charge in [0.15, 0.2) is 5.82 Å². The third-order valence-electron chi connectivity index (χ3n) is 3.27. The van der Waals surface area contributed by atoms with E-state index in [4.69, 9.17) is 5.73 Å². The van der Waals surface area contributed by atoms with Crippen LogP contribution in [0.1, 0.15) is 32.4 Å². The van der Waals surface area contributed by atoms with E-state index in [2.05, 4.69) is 41.1 Å². The smallest absolute Gasteiger partial charge is 0.151 e. The summed E-state index contributed by atoms with van der Waals surface area (Å²) in [5, 5.41) is 8.63. The predicted octanol–water partition coefficient (Wildman–Crippen LogP) is 1.60. The predicted molar refractivity (Wildman–Crippen MR) is 70.0 cm³/mol. The zero-order valence-electron chi connectivity index (χ0n) is 10.8. The van der Waals surface area contributed by atoms with Crippen LogP contribution in [0.4, 0.5) is 5.82 Å². The second-order valence-electron chi connectivity index (χ2n) is 5.21. The van der Waals surface area contributed by atoms with Gasteiger partial charge in [-0.3, -0.25) is 0 Å². The van der Waals surface area contributed by atoms with E-state index < -0.39 is 0 Å². The molecule has 0 saturated carbocycles. The van der Waals surface area contributed by atoms with Crippen LogP contribution in [0.3, 0.4) is 0 Å². The lowest BCUT2D eigenvalue weighted by molar-refractivity contribution is 0.624. The maximum Gasteiger partial charge on any atom is 0.151 e. The van der Waals surface area contributed by atoms with Gasteiger partial charge in [0, 0.05) is 19.1 Å². The minimum atomic E-state index is 0.445. The monoisotopic (exact) mass is 234 g/mol. The van der Waals surface area contributed by atoms with Crippen LogP contribution < -0.4 is 10.6 Å². The molecule has 1 aromatic heterocycles. The van der Waals surface area contributed by atoms with Gasteiger partial charge in [-0.05, 0) is 37.3 Å². The van der Waals surface area contributed by atoms with Gasteiger partial charge < -0.3 is 10.6 Å². The van der Waals surface area contributed by atoms with Crippen LogP contribution in [-0.2, 0) is 6.42 Å². The lowest BCUT2D eigenvalue weighted by Gasteiger charge is -2.23. The lowest BCUT2D eigenvalue weighted by atomic mass is 10.1. The summed E-state index contributed by atoms with van der Waals surface area (Å²) in [5.41, 5.74) is 6.84. The molecule has 4 heteroatoms. The summed E-state index contributed by atoms with van der Waals surface area (Å²) in [6.45, 7) is 6.15. The molecule has 4 nitrogen and oxygen atoms in total. The first kappa shape index (κ1) is 12.3. The molecular formula is C13H22N4. The highest BCUT2D eigenvalue weighted by Gasteiger charge is 2.24. The molecule has 1 fully saturated rings. The third kappa shape index (κ3) is 2.94. The van der Waals surface area contributed by atoms with Gasteiger partial charge in [-0.25, -0.2) is 0 Å². The maximum absolute atomic E-state index is 5.77. The van der Waals surface area contributed by atoms with Gasteiger partial charge in [-0.1, -0.05) is 13.8 Å². The van der Waals surface area contributed by atoms with Crippen molar-refractivity contribution in [3.05, 3.63) is 17.8 Å². The zero-order chi connectivity index (χ0) is 12.3. The van der Waals surface area contributed by atoms with Crippen molar-refractivity contribution in [3.63, 3.8) is 0 Å². The minimum Gasteiger partial charge on any atom is -0.351 e. The molecule has 94 valence electrons. The van der Waals surface area contributed by atoms with Gasteiger partial charge in [-0.2, -0.15) is 5.10 Å². The molecular weight excluding hydrogens is 212 g/mol. The van der Waals surface area contributed by atoms with Crippen LogP contribution >= 0.6 is 0 Å². The average molecular weight is 234 g/mol. The quantitative estimate of drug-likeness (QED) is 0.860. The summed E-state index contributed by atoms with van der Waals surface area (Å²) in [4.78, 5) is 2.28. The Balaban J connectivity index is 2.07. The number of anilines is 1. The normalized spacial score (nSPS) is 20.2. The van der Waals surface area contributed by atoms with Crippen molar-refractivity contribution in [2.75, 3.05) is 18.0 Å². The van der Waals surface area contributed by atoms with Crippen molar-refractivity contribution in [2.24, 2.45) is 11.7 Å². The Morgan fingerprint density at radius 1 is 1.41 bits per heavy atom. The van der Waals surface area contributed by atoms with Crippen molar-refractivity contribution < 1.29 is 0 Å². The lowest BCUT2D eigenvalue weighted by Crippen LogP contribution is -2.36. The molecule has 1 aliphatic heterocycles. The second kappa shape index (κ2) is 5.45. The Labute approximate surface area is 103 Å². The van der Waals surface area contributed by atoms with Gasteiger partial charge in [0.05, 0.1) is 5.69 Å². The zero-order valence-corrected chi connectivity index (χ0v) is 10.8. The summed E-state index contributed by atoms with van der Waals surface area (Å²) >= 11 is 0. The summed E-state index contributed by atoms with van der Waals surface area (Å²) in [6.07, 6.45) is 3.37. The van der Waals surface area contributed by atoms with Crippen molar-refractivity contribution in [3.8, 4) is 0 Å². The molecule has 2 rings (SSSR count). The van der Waals surface area contributed by atoms with Crippen LogP contribution in [0.25, 0.3) is 0 Å². The van der Waals surface area contributed by atoms with Crippen LogP contribution in [0, 0.1) is 5.92 Å². The highest BCUT2D eigenvalue weighted by Crippen LogP contribution is 2.22. The van der Waals surface area contributed by atoms with E-state index in [-0.39, 0.29) is 0 Å². The van der Waals surface area contributed by atoms with E-state index in [0.29, 0.717) is 18.5 Å². The molecule has 1 unspecified atom stereocenters. The Bertz CT molecular complexity index is 347. The molecule has 2 heterocycles. The standard InChI is InChI=1S/C13H22N4/c1-10(2)8-11-5-6-13(16-15-11)17-7-3-4-12(17)9-14/h5-6,10,12H,3-4,7-9,14H2,1-2H3. The number of nitrogens with two attached hydrogens (primary N) is 1. The number of rotatable bonds is 4. The van der Waals surface area contributed by atoms with Gasteiger partial charge in [0.25, 0.3) is 0 Å². The second-order valence-corrected chi connectivity index (χ2v) is 5.21. The number of hydrogen-bond acceptors (Lipinski definition) is 4. The van der Waals surface area contributed by atoms with Gasteiger partial charge in [0.1, 0.15) is 0 Å². The van der Waals surface area contributed by atoms with E-state index >= 15 is 0 Å². The molecule has 1 saturated heterocycles. The molecule has 1 atom stereocenters. The summed E-state index contributed by atoms with van der Waals surface area (Å²) in [6, 6.07) is 4.62. The van der Waals surface area contributed by atoms with Crippen LogP contribution in [0.2, 0.25) is 0 Å². The maximum atomic E-state index is 5.77. The Morgan fingerprint density at radius 2 is 2.24 bits per heavy atom. The van der Waals surface area contributed by atoms with Gasteiger partial charge >= 0.3 is 0 Å². The molecule has 0 spiro atoms. The Hall–Kier alpha value is -1.16. The van der Waals surface area contributed by atoms with Crippen LogP contribution in [-0.4, -0.2) is 29.3 Å². The largest absolute Gasteiger partial charge is 0.351 e. The van der Waals surface area contributed by atoms with Crippen LogP contribution in [0.5, 0.6) is 0 Å². The minimum absolute atomic E-state index is 0.445. The molecule has 17 heavy (non-hydrogen) atoms.